The summed E-state index contributed by atoms with van der Waals surface area (Å²) in [6.45, 7) is 2.91. The van der Waals surface area contributed by atoms with Crippen molar-refractivity contribution in [2.75, 3.05) is 13.1 Å². The van der Waals surface area contributed by atoms with Gasteiger partial charge in [-0.15, -0.1) is 10.2 Å². The molecular weight excluding hydrogens is 418 g/mol. The summed E-state index contributed by atoms with van der Waals surface area (Å²) in [7, 11) is -3.54. The van der Waals surface area contributed by atoms with Crippen molar-refractivity contribution < 1.29 is 8.42 Å². The standard InChI is InChI=1S/C21H21N5O2S2/c1-16(15-22)29-21-24-23-20(26(21)18-9-3-2-4-10-18)17-8-7-11-19(14-17)30(27,28)25-12-5-6-13-25/h2-4,7-11,14,16H,5-6,12-13H2,1H3/t16-/m1/s1. The molecule has 1 aliphatic heterocycles. The molecule has 3 aromatic rings. The van der Waals surface area contributed by atoms with Crippen LogP contribution >= 0.6 is 11.8 Å². The van der Waals surface area contributed by atoms with Gasteiger partial charge >= 0.3 is 0 Å². The van der Waals surface area contributed by atoms with Crippen LogP contribution in [0, 0.1) is 11.3 Å². The molecule has 1 fully saturated rings. The first-order valence-corrected chi connectivity index (χ1v) is 12.0. The number of nitrogens with zero attached hydrogens (tertiary/aromatic N) is 5. The fourth-order valence-electron chi connectivity index (χ4n) is 3.40. The first kappa shape index (κ1) is 20.6. The highest BCUT2D eigenvalue weighted by Gasteiger charge is 2.28. The molecule has 0 spiro atoms. The topological polar surface area (TPSA) is 91.9 Å². The normalized spacial score (nSPS) is 15.7. The maximum atomic E-state index is 13.0. The lowest BCUT2D eigenvalue weighted by atomic mass is 10.2. The number of rotatable bonds is 6. The third-order valence-electron chi connectivity index (χ3n) is 4.91. The first-order chi connectivity index (χ1) is 14.5. The SMILES string of the molecule is C[C@H](C#N)Sc1nnc(-c2cccc(S(=O)(=O)N3CCCC3)c2)n1-c1ccccc1. The molecule has 7 nitrogen and oxygen atoms in total. The van der Waals surface area contributed by atoms with E-state index >= 15 is 0 Å². The maximum absolute atomic E-state index is 13.0. The summed E-state index contributed by atoms with van der Waals surface area (Å²) in [5.41, 5.74) is 1.50. The predicted molar refractivity (Wildman–Crippen MR) is 116 cm³/mol. The highest BCUT2D eigenvalue weighted by Crippen LogP contribution is 2.31. The van der Waals surface area contributed by atoms with E-state index in [-0.39, 0.29) is 10.1 Å². The number of aromatic nitrogens is 3. The molecule has 0 saturated carbocycles. The van der Waals surface area contributed by atoms with E-state index in [9.17, 15) is 13.7 Å². The monoisotopic (exact) mass is 439 g/mol. The van der Waals surface area contributed by atoms with Crippen molar-refractivity contribution in [3.8, 4) is 23.1 Å². The van der Waals surface area contributed by atoms with Crippen LogP contribution in [0.15, 0.2) is 64.6 Å². The zero-order chi connectivity index (χ0) is 21.1. The molecule has 0 unspecified atom stereocenters. The molecular formula is C21H21N5O2S2. The molecule has 0 amide bonds. The Morgan fingerprint density at radius 2 is 1.80 bits per heavy atom. The van der Waals surface area contributed by atoms with Gasteiger partial charge in [0.2, 0.25) is 10.0 Å². The lowest BCUT2D eigenvalue weighted by Gasteiger charge is -2.16. The van der Waals surface area contributed by atoms with Gasteiger partial charge < -0.3 is 0 Å². The van der Waals surface area contributed by atoms with Crippen LogP contribution in [0.2, 0.25) is 0 Å². The summed E-state index contributed by atoms with van der Waals surface area (Å²) in [6.07, 6.45) is 1.78. The fourth-order valence-corrected chi connectivity index (χ4v) is 5.72. The highest BCUT2D eigenvalue weighted by atomic mass is 32.2. The molecule has 2 aromatic carbocycles. The van der Waals surface area contributed by atoms with E-state index in [1.54, 1.807) is 25.1 Å². The number of thioether (sulfide) groups is 1. The van der Waals surface area contributed by atoms with Gasteiger partial charge in [-0.25, -0.2) is 8.42 Å². The number of para-hydroxylation sites is 1. The van der Waals surface area contributed by atoms with E-state index in [4.69, 9.17) is 0 Å². The van der Waals surface area contributed by atoms with Crippen LogP contribution in [0.3, 0.4) is 0 Å². The summed E-state index contributed by atoms with van der Waals surface area (Å²) in [6, 6.07) is 18.6. The van der Waals surface area contributed by atoms with Crippen molar-refractivity contribution in [2.24, 2.45) is 0 Å². The van der Waals surface area contributed by atoms with Crippen LogP contribution in [0.1, 0.15) is 19.8 Å². The lowest BCUT2D eigenvalue weighted by Crippen LogP contribution is -2.27. The Bertz CT molecular complexity index is 1180. The van der Waals surface area contributed by atoms with Crippen LogP contribution in [0.4, 0.5) is 0 Å². The van der Waals surface area contributed by atoms with Crippen molar-refractivity contribution in [1.82, 2.24) is 19.1 Å². The Kier molecular flexibility index (Phi) is 5.90. The van der Waals surface area contributed by atoms with E-state index in [2.05, 4.69) is 16.3 Å². The maximum Gasteiger partial charge on any atom is 0.243 e. The summed E-state index contributed by atoms with van der Waals surface area (Å²) in [5, 5.41) is 18.1. The van der Waals surface area contributed by atoms with Crippen LogP contribution in [-0.4, -0.2) is 45.8 Å². The molecule has 1 aromatic heterocycles. The van der Waals surface area contributed by atoms with Crippen molar-refractivity contribution in [3.05, 3.63) is 54.6 Å². The molecule has 9 heteroatoms. The summed E-state index contributed by atoms with van der Waals surface area (Å²) < 4.78 is 29.4. The van der Waals surface area contributed by atoms with Crippen molar-refractivity contribution >= 4 is 21.8 Å². The minimum absolute atomic E-state index is 0.254. The van der Waals surface area contributed by atoms with E-state index < -0.39 is 10.0 Å². The summed E-state index contributed by atoms with van der Waals surface area (Å²) in [5.74, 6) is 0.535. The summed E-state index contributed by atoms with van der Waals surface area (Å²) in [4.78, 5) is 0.254. The van der Waals surface area contributed by atoms with E-state index in [1.165, 1.54) is 16.1 Å². The number of benzene rings is 2. The molecule has 1 atom stereocenters. The fraction of sp³-hybridized carbons (Fsp3) is 0.286. The van der Waals surface area contributed by atoms with Crippen LogP contribution in [0.5, 0.6) is 0 Å². The van der Waals surface area contributed by atoms with Gasteiger partial charge in [0, 0.05) is 24.3 Å². The Hall–Kier alpha value is -2.67. The molecule has 0 radical (unpaired) electrons. The van der Waals surface area contributed by atoms with Crippen molar-refractivity contribution in [2.45, 2.75) is 35.1 Å². The quantitative estimate of drug-likeness (QED) is 0.544. The van der Waals surface area contributed by atoms with Gasteiger partial charge in [0.25, 0.3) is 0 Å². The molecule has 1 saturated heterocycles. The van der Waals surface area contributed by atoms with Crippen LogP contribution < -0.4 is 0 Å². The van der Waals surface area contributed by atoms with Gasteiger partial charge in [-0.2, -0.15) is 9.57 Å². The predicted octanol–water partition coefficient (Wildman–Crippen LogP) is 3.72. The van der Waals surface area contributed by atoms with E-state index in [0.29, 0.717) is 29.6 Å². The second kappa shape index (κ2) is 8.60. The minimum atomic E-state index is -3.54. The average molecular weight is 440 g/mol. The third-order valence-corrected chi connectivity index (χ3v) is 7.74. The first-order valence-electron chi connectivity index (χ1n) is 9.68. The van der Waals surface area contributed by atoms with Crippen molar-refractivity contribution in [1.29, 1.82) is 5.26 Å². The van der Waals surface area contributed by atoms with Crippen molar-refractivity contribution in [3.63, 3.8) is 0 Å². The van der Waals surface area contributed by atoms with E-state index in [0.717, 1.165) is 18.5 Å². The molecule has 30 heavy (non-hydrogen) atoms. The van der Waals surface area contributed by atoms with Gasteiger partial charge in [0.15, 0.2) is 11.0 Å². The Labute approximate surface area is 180 Å². The van der Waals surface area contributed by atoms with Gasteiger partial charge in [0.1, 0.15) is 0 Å². The second-order valence-corrected chi connectivity index (χ2v) is 10.3. The van der Waals surface area contributed by atoms with Gasteiger partial charge in [0.05, 0.1) is 16.2 Å². The third kappa shape index (κ3) is 3.99. The van der Waals surface area contributed by atoms with Crippen LogP contribution in [0.25, 0.3) is 17.1 Å². The Balaban J connectivity index is 1.80. The van der Waals surface area contributed by atoms with Gasteiger partial charge in [-0.3, -0.25) is 4.57 Å². The largest absolute Gasteiger partial charge is 0.270 e. The number of hydrogen-bond acceptors (Lipinski definition) is 6. The number of nitriles is 1. The number of sulfonamides is 1. The average Bonchev–Trinajstić information content (AvgIpc) is 3.45. The molecule has 4 rings (SSSR count). The lowest BCUT2D eigenvalue weighted by molar-refractivity contribution is 0.477. The molecule has 0 bridgehead atoms. The zero-order valence-electron chi connectivity index (χ0n) is 16.5. The second-order valence-electron chi connectivity index (χ2n) is 7.01. The Morgan fingerprint density at radius 3 is 2.50 bits per heavy atom. The molecule has 2 heterocycles. The smallest absolute Gasteiger partial charge is 0.243 e. The minimum Gasteiger partial charge on any atom is -0.270 e. The van der Waals surface area contributed by atoms with Crippen LogP contribution in [-0.2, 0) is 10.0 Å². The molecule has 1 aliphatic rings. The Morgan fingerprint density at radius 1 is 1.07 bits per heavy atom. The molecule has 0 N–H and O–H groups in total. The summed E-state index contributed by atoms with van der Waals surface area (Å²) >= 11 is 1.31. The highest BCUT2D eigenvalue weighted by molar-refractivity contribution is 8.00. The zero-order valence-corrected chi connectivity index (χ0v) is 18.1. The van der Waals surface area contributed by atoms with E-state index in [1.807, 2.05) is 41.0 Å². The molecule has 154 valence electrons. The van der Waals surface area contributed by atoms with Gasteiger partial charge in [-0.1, -0.05) is 42.1 Å². The molecule has 0 aliphatic carbocycles. The number of hydrogen-bond donors (Lipinski definition) is 0. The van der Waals surface area contributed by atoms with Gasteiger partial charge in [-0.05, 0) is 44.0 Å².